The number of nitrogens with two attached hydrogens (primary N) is 1. The second-order valence-electron chi connectivity index (χ2n) is 6.02. The molecule has 8 heteroatoms. The van der Waals surface area contributed by atoms with Gasteiger partial charge in [-0.25, -0.2) is 0 Å². The Morgan fingerprint density at radius 1 is 1.28 bits per heavy atom. The minimum Gasteiger partial charge on any atom is -0.461 e. The fourth-order valence-corrected chi connectivity index (χ4v) is 2.81. The van der Waals surface area contributed by atoms with Gasteiger partial charge in [-0.3, -0.25) is 9.35 Å². The highest BCUT2D eigenvalue weighted by atomic mass is 32.2. The highest BCUT2D eigenvalue weighted by Crippen LogP contribution is 2.21. The number of hydrogen-bond donors (Lipinski definition) is 2. The van der Waals surface area contributed by atoms with E-state index >= 15 is 0 Å². The summed E-state index contributed by atoms with van der Waals surface area (Å²) in [5.74, 6) is -0.283. The van der Waals surface area contributed by atoms with Crippen molar-refractivity contribution in [2.75, 3.05) is 13.7 Å². The first-order chi connectivity index (χ1) is 11.7. The Bertz CT molecular complexity index is 623. The van der Waals surface area contributed by atoms with E-state index in [9.17, 15) is 13.2 Å². The summed E-state index contributed by atoms with van der Waals surface area (Å²) in [6, 6.07) is 5.46. The third-order valence-corrected chi connectivity index (χ3v) is 4.71. The molecule has 0 unspecified atom stereocenters. The zero-order valence-electron chi connectivity index (χ0n) is 14.7. The van der Waals surface area contributed by atoms with Crippen molar-refractivity contribution >= 4 is 16.1 Å². The summed E-state index contributed by atoms with van der Waals surface area (Å²) in [7, 11) is -2.43. The number of carbonyl (C=O) groups is 1. The molecule has 3 N–H and O–H groups in total. The normalized spacial score (nSPS) is 16.0. The Kier molecular flexibility index (Phi) is 9.05. The molecule has 0 spiro atoms. The van der Waals surface area contributed by atoms with Gasteiger partial charge in [-0.1, -0.05) is 17.7 Å². The van der Waals surface area contributed by atoms with Gasteiger partial charge in [0.25, 0.3) is 10.1 Å². The van der Waals surface area contributed by atoms with E-state index in [0.29, 0.717) is 13.0 Å². The van der Waals surface area contributed by atoms with Gasteiger partial charge < -0.3 is 15.2 Å². The van der Waals surface area contributed by atoms with Crippen LogP contribution < -0.4 is 5.73 Å². The number of aryl methyl sites for hydroxylation is 1. The zero-order chi connectivity index (χ0) is 18.9. The Labute approximate surface area is 149 Å². The molecule has 0 aromatic heterocycles. The maximum atomic E-state index is 11.4. The van der Waals surface area contributed by atoms with Crippen LogP contribution in [0, 0.1) is 6.92 Å². The van der Waals surface area contributed by atoms with Crippen LogP contribution in [0.25, 0.3) is 0 Å². The Hall–Kier alpha value is -1.48. The average Bonchev–Trinajstić information content (AvgIpc) is 3.05. The third kappa shape index (κ3) is 8.44. The zero-order valence-corrected chi connectivity index (χ0v) is 15.5. The van der Waals surface area contributed by atoms with Crippen LogP contribution in [-0.4, -0.2) is 44.8 Å². The van der Waals surface area contributed by atoms with Crippen molar-refractivity contribution in [3.05, 3.63) is 29.8 Å². The smallest absolute Gasteiger partial charge is 0.323 e. The lowest BCUT2D eigenvalue weighted by Gasteiger charge is -2.15. The summed E-state index contributed by atoms with van der Waals surface area (Å²) in [5.41, 5.74) is 6.58. The topological polar surface area (TPSA) is 116 Å². The molecule has 2 rings (SSSR count). The van der Waals surface area contributed by atoms with Crippen LogP contribution in [0.1, 0.15) is 37.7 Å². The van der Waals surface area contributed by atoms with Crippen LogP contribution in [0.4, 0.5) is 0 Å². The number of hydrogen-bond acceptors (Lipinski definition) is 6. The molecule has 7 nitrogen and oxygen atoms in total. The van der Waals surface area contributed by atoms with Crippen molar-refractivity contribution in [3.63, 3.8) is 0 Å². The Morgan fingerprint density at radius 2 is 1.84 bits per heavy atom. The van der Waals surface area contributed by atoms with Crippen LogP contribution in [0.2, 0.25) is 0 Å². The molecule has 142 valence electrons. The molecule has 0 bridgehead atoms. The molecule has 0 radical (unpaired) electrons. The van der Waals surface area contributed by atoms with Gasteiger partial charge >= 0.3 is 5.97 Å². The summed E-state index contributed by atoms with van der Waals surface area (Å²) in [6.45, 7) is 2.34. The molecule has 0 aliphatic heterocycles. The number of benzene rings is 1. The van der Waals surface area contributed by atoms with E-state index in [1.165, 1.54) is 12.1 Å². The molecular weight excluding hydrogens is 346 g/mol. The van der Waals surface area contributed by atoms with E-state index in [0.717, 1.165) is 31.2 Å². The Morgan fingerprint density at radius 3 is 2.32 bits per heavy atom. The van der Waals surface area contributed by atoms with E-state index in [-0.39, 0.29) is 17.0 Å². The van der Waals surface area contributed by atoms with Gasteiger partial charge in [-0.15, -0.1) is 0 Å². The lowest BCUT2D eigenvalue weighted by Crippen LogP contribution is -2.35. The van der Waals surface area contributed by atoms with E-state index in [1.807, 2.05) is 6.92 Å². The summed E-state index contributed by atoms with van der Waals surface area (Å²) in [6.07, 6.45) is 4.93. The number of esters is 1. The molecule has 1 atom stereocenters. The van der Waals surface area contributed by atoms with Crippen molar-refractivity contribution in [2.45, 2.75) is 56.1 Å². The largest absolute Gasteiger partial charge is 0.461 e. The quantitative estimate of drug-likeness (QED) is 0.579. The molecule has 0 amide bonds. The average molecular weight is 373 g/mol. The van der Waals surface area contributed by atoms with Crippen molar-refractivity contribution < 1.29 is 27.2 Å². The first kappa shape index (κ1) is 21.6. The van der Waals surface area contributed by atoms with E-state index in [2.05, 4.69) is 0 Å². The second kappa shape index (κ2) is 10.5. The van der Waals surface area contributed by atoms with Gasteiger partial charge in [0.1, 0.15) is 12.1 Å². The van der Waals surface area contributed by atoms with Crippen LogP contribution in [0.15, 0.2) is 29.2 Å². The first-order valence-electron chi connectivity index (χ1n) is 8.23. The number of carbonyl (C=O) groups excluding carboxylic acids is 1. The van der Waals surface area contributed by atoms with Crippen LogP contribution in [0.3, 0.4) is 0 Å². The third-order valence-electron chi connectivity index (χ3n) is 3.84. The van der Waals surface area contributed by atoms with Crippen molar-refractivity contribution in [1.29, 1.82) is 0 Å². The maximum Gasteiger partial charge on any atom is 0.323 e. The molecule has 1 saturated carbocycles. The van der Waals surface area contributed by atoms with Gasteiger partial charge in [0.15, 0.2) is 0 Å². The number of ether oxygens (including phenoxy) is 2. The highest BCUT2D eigenvalue weighted by molar-refractivity contribution is 7.85. The lowest BCUT2D eigenvalue weighted by molar-refractivity contribution is -0.150. The Balaban J connectivity index is 0.000000257. The molecule has 1 aliphatic rings. The van der Waals surface area contributed by atoms with Gasteiger partial charge in [-0.2, -0.15) is 8.42 Å². The molecule has 1 fully saturated rings. The van der Waals surface area contributed by atoms with Gasteiger partial charge in [-0.05, 0) is 51.2 Å². The summed E-state index contributed by atoms with van der Waals surface area (Å²) >= 11 is 0. The number of methoxy groups -OCH3 is 1. The molecule has 0 saturated heterocycles. The standard InChI is InChI=1S/C10H19NO3.C7H8O3S/c1-13-7-6-9(11)10(12)14-8-4-2-3-5-8;1-6-2-4-7(5-3-6)11(8,9)10/h8-9H,2-7,11H2,1H3;2-5H,1H3,(H,8,9,10)/t9-;/m0./s1. The van der Waals surface area contributed by atoms with Crippen molar-refractivity contribution in [1.82, 2.24) is 0 Å². The fraction of sp³-hybridized carbons (Fsp3) is 0.588. The monoisotopic (exact) mass is 373 g/mol. The lowest BCUT2D eigenvalue weighted by atomic mass is 10.2. The van der Waals surface area contributed by atoms with Gasteiger partial charge in [0, 0.05) is 13.7 Å². The van der Waals surface area contributed by atoms with Crippen molar-refractivity contribution in [3.8, 4) is 0 Å². The molecular formula is C17H27NO6S. The van der Waals surface area contributed by atoms with Crippen LogP contribution in [-0.2, 0) is 24.4 Å². The molecule has 1 aromatic carbocycles. The van der Waals surface area contributed by atoms with Gasteiger partial charge in [0.2, 0.25) is 0 Å². The predicted octanol–water partition coefficient (Wildman–Crippen LogP) is 2.08. The van der Waals surface area contributed by atoms with Crippen LogP contribution in [0.5, 0.6) is 0 Å². The van der Waals surface area contributed by atoms with Gasteiger partial charge in [0.05, 0.1) is 4.90 Å². The fourth-order valence-electron chi connectivity index (χ4n) is 2.33. The second-order valence-corrected chi connectivity index (χ2v) is 7.44. The SMILES string of the molecule is COCC[C@H](N)C(=O)OC1CCCC1.Cc1ccc(S(=O)(=O)O)cc1. The summed E-state index contributed by atoms with van der Waals surface area (Å²) in [4.78, 5) is 11.3. The molecule has 1 aliphatic carbocycles. The molecule has 25 heavy (non-hydrogen) atoms. The first-order valence-corrected chi connectivity index (χ1v) is 9.67. The minimum atomic E-state index is -4.02. The molecule has 1 aromatic rings. The maximum absolute atomic E-state index is 11.4. The van der Waals surface area contributed by atoms with Crippen LogP contribution >= 0.6 is 0 Å². The van der Waals surface area contributed by atoms with E-state index in [4.69, 9.17) is 19.8 Å². The molecule has 0 heterocycles. The highest BCUT2D eigenvalue weighted by Gasteiger charge is 2.22. The summed E-state index contributed by atoms with van der Waals surface area (Å²) < 4.78 is 39.6. The number of rotatable bonds is 6. The predicted molar refractivity (Wildman–Crippen MR) is 93.8 cm³/mol. The van der Waals surface area contributed by atoms with Crippen molar-refractivity contribution in [2.24, 2.45) is 5.73 Å². The summed E-state index contributed by atoms with van der Waals surface area (Å²) in [5, 5.41) is 0. The minimum absolute atomic E-state index is 0.0666. The van der Waals surface area contributed by atoms with E-state index < -0.39 is 16.2 Å². The van der Waals surface area contributed by atoms with E-state index in [1.54, 1.807) is 19.2 Å².